The van der Waals surface area contributed by atoms with Crippen LogP contribution in [0.3, 0.4) is 0 Å². The maximum Gasteiger partial charge on any atom is 0.257 e. The average molecular weight is 484 g/mol. The number of carbonyl (C=O) groups excluding carboxylic acids is 3. The summed E-state index contributed by atoms with van der Waals surface area (Å²) in [5, 5.41) is 15.5. The van der Waals surface area contributed by atoms with Crippen LogP contribution >= 0.6 is 22.9 Å². The predicted octanol–water partition coefficient (Wildman–Crippen LogP) is 4.56. The molecule has 1 unspecified atom stereocenters. The normalized spacial score (nSPS) is 15.7. The molecule has 0 spiro atoms. The first kappa shape index (κ1) is 22.9. The summed E-state index contributed by atoms with van der Waals surface area (Å²) in [6.07, 6.45) is 0.328. The smallest absolute Gasteiger partial charge is 0.257 e. The minimum atomic E-state index is -0.329. The van der Waals surface area contributed by atoms with Crippen molar-refractivity contribution in [2.45, 2.75) is 26.2 Å². The van der Waals surface area contributed by atoms with Crippen molar-refractivity contribution in [1.29, 1.82) is 0 Å². The van der Waals surface area contributed by atoms with E-state index in [9.17, 15) is 14.4 Å². The Morgan fingerprint density at radius 1 is 1.06 bits per heavy atom. The van der Waals surface area contributed by atoms with Gasteiger partial charge in [0.2, 0.25) is 16.9 Å². The molecule has 1 saturated heterocycles. The molecule has 0 aliphatic carbocycles. The number of hydrogen-bond donors (Lipinski definition) is 2. The second-order valence-electron chi connectivity index (χ2n) is 8.00. The van der Waals surface area contributed by atoms with E-state index in [1.807, 2.05) is 26.0 Å². The van der Waals surface area contributed by atoms with E-state index < -0.39 is 0 Å². The van der Waals surface area contributed by atoms with E-state index in [0.29, 0.717) is 39.4 Å². The lowest BCUT2D eigenvalue weighted by Crippen LogP contribution is -2.24. The second kappa shape index (κ2) is 9.68. The van der Waals surface area contributed by atoms with Crippen molar-refractivity contribution in [2.75, 3.05) is 22.1 Å². The largest absolute Gasteiger partial charge is 0.326 e. The minimum Gasteiger partial charge on any atom is -0.326 e. The molecule has 2 N–H and O–H groups in total. The third-order valence-electron chi connectivity index (χ3n) is 5.21. The van der Waals surface area contributed by atoms with Crippen molar-refractivity contribution in [2.24, 2.45) is 5.92 Å². The first-order valence-corrected chi connectivity index (χ1v) is 11.6. The van der Waals surface area contributed by atoms with E-state index in [-0.39, 0.29) is 29.6 Å². The lowest BCUT2D eigenvalue weighted by atomic mass is 10.1. The van der Waals surface area contributed by atoms with Gasteiger partial charge in [0.15, 0.2) is 0 Å². The number of carbonyl (C=O) groups is 3. The fraction of sp³-hybridized carbons (Fsp3) is 0.261. The lowest BCUT2D eigenvalue weighted by Gasteiger charge is -2.16. The molecule has 1 atom stereocenters. The van der Waals surface area contributed by atoms with Crippen LogP contribution in [0.15, 0.2) is 48.5 Å². The molecule has 8 nitrogen and oxygen atoms in total. The second-order valence-corrected chi connectivity index (χ2v) is 9.45. The summed E-state index contributed by atoms with van der Waals surface area (Å²) in [5.41, 5.74) is 1.84. The molecule has 2 aromatic carbocycles. The van der Waals surface area contributed by atoms with E-state index in [0.717, 1.165) is 5.69 Å². The summed E-state index contributed by atoms with van der Waals surface area (Å²) in [6.45, 7) is 4.11. The molecule has 0 saturated carbocycles. The third kappa shape index (κ3) is 5.37. The summed E-state index contributed by atoms with van der Waals surface area (Å²) < 4.78 is 0. The van der Waals surface area contributed by atoms with Crippen molar-refractivity contribution in [1.82, 2.24) is 10.2 Å². The molecule has 33 heavy (non-hydrogen) atoms. The van der Waals surface area contributed by atoms with Gasteiger partial charge in [-0.1, -0.05) is 36.8 Å². The molecule has 0 bridgehead atoms. The zero-order chi connectivity index (χ0) is 23.5. The highest BCUT2D eigenvalue weighted by atomic mass is 35.5. The summed E-state index contributed by atoms with van der Waals surface area (Å²) >= 11 is 7.19. The topological polar surface area (TPSA) is 104 Å². The molecule has 1 aliphatic heterocycles. The first-order chi connectivity index (χ1) is 15.8. The molecule has 1 aliphatic rings. The fourth-order valence-electron chi connectivity index (χ4n) is 3.35. The number of nitrogens with one attached hydrogen (secondary N) is 2. The number of amides is 3. The fourth-order valence-corrected chi connectivity index (χ4v) is 4.31. The van der Waals surface area contributed by atoms with Gasteiger partial charge in [-0.15, -0.1) is 10.2 Å². The number of anilines is 3. The number of nitrogens with zero attached hydrogens (tertiary/aromatic N) is 3. The van der Waals surface area contributed by atoms with Gasteiger partial charge in [0.1, 0.15) is 5.01 Å². The Morgan fingerprint density at radius 2 is 1.76 bits per heavy atom. The van der Waals surface area contributed by atoms with Crippen LogP contribution in [0.4, 0.5) is 16.5 Å². The first-order valence-electron chi connectivity index (χ1n) is 10.4. The van der Waals surface area contributed by atoms with Crippen LogP contribution < -0.4 is 15.5 Å². The molecular weight excluding hydrogens is 462 g/mol. The highest BCUT2D eigenvalue weighted by Crippen LogP contribution is 2.34. The van der Waals surface area contributed by atoms with Crippen molar-refractivity contribution in [3.63, 3.8) is 0 Å². The third-order valence-corrected chi connectivity index (χ3v) is 6.47. The number of halogens is 1. The summed E-state index contributed by atoms with van der Waals surface area (Å²) in [5.74, 6) is -0.640. The molecule has 4 rings (SSSR count). The highest BCUT2D eigenvalue weighted by Gasteiger charge is 2.34. The summed E-state index contributed by atoms with van der Waals surface area (Å²) in [4.78, 5) is 38.6. The molecule has 170 valence electrons. The average Bonchev–Trinajstić information content (AvgIpc) is 3.41. The van der Waals surface area contributed by atoms with Gasteiger partial charge in [0, 0.05) is 46.8 Å². The standard InChI is InChI=1S/C23H22ClN5O3S/c1-13(2)20(31)25-17-7-3-14(4-8-17)21(32)26-23-28-27-22(33-23)15-11-19(30)29(12-15)18-9-5-16(24)6-10-18/h3-10,13,15H,11-12H2,1-2H3,(H,25,31)(H,26,28,32). The van der Waals surface area contributed by atoms with Gasteiger partial charge in [-0.3, -0.25) is 19.7 Å². The Hall–Kier alpha value is -3.30. The molecule has 3 aromatic rings. The Labute approximate surface area is 200 Å². The molecule has 1 fully saturated rings. The SMILES string of the molecule is CC(C)C(=O)Nc1ccc(C(=O)Nc2nnc(C3CC(=O)N(c4ccc(Cl)cc4)C3)s2)cc1. The zero-order valence-electron chi connectivity index (χ0n) is 18.0. The Balaban J connectivity index is 1.37. The van der Waals surface area contributed by atoms with E-state index in [1.165, 1.54) is 11.3 Å². The molecule has 3 amide bonds. The van der Waals surface area contributed by atoms with Gasteiger partial charge in [0.05, 0.1) is 0 Å². The van der Waals surface area contributed by atoms with Crippen molar-refractivity contribution < 1.29 is 14.4 Å². The summed E-state index contributed by atoms with van der Waals surface area (Å²) in [6, 6.07) is 13.7. The number of aromatic nitrogens is 2. The molecular formula is C23H22ClN5O3S. The van der Waals surface area contributed by atoms with Crippen molar-refractivity contribution >= 4 is 57.2 Å². The van der Waals surface area contributed by atoms with Gasteiger partial charge in [0.25, 0.3) is 5.91 Å². The molecule has 10 heteroatoms. The number of rotatable bonds is 6. The molecule has 1 aromatic heterocycles. The number of benzene rings is 2. The maximum atomic E-state index is 12.6. The monoisotopic (exact) mass is 483 g/mol. The zero-order valence-corrected chi connectivity index (χ0v) is 19.6. The Bertz CT molecular complexity index is 1180. The van der Waals surface area contributed by atoms with E-state index in [1.54, 1.807) is 41.3 Å². The summed E-state index contributed by atoms with van der Waals surface area (Å²) in [7, 11) is 0. The quantitative estimate of drug-likeness (QED) is 0.534. The van der Waals surface area contributed by atoms with Crippen LogP contribution in [0, 0.1) is 5.92 Å². The van der Waals surface area contributed by atoms with Crippen molar-refractivity contribution in [3.05, 3.63) is 64.1 Å². The van der Waals surface area contributed by atoms with Crippen LogP contribution in [-0.2, 0) is 9.59 Å². The molecule has 2 heterocycles. The van der Waals surface area contributed by atoms with Gasteiger partial charge < -0.3 is 10.2 Å². The lowest BCUT2D eigenvalue weighted by molar-refractivity contribution is -0.119. The molecule has 0 radical (unpaired) electrons. The Morgan fingerprint density at radius 3 is 2.42 bits per heavy atom. The van der Waals surface area contributed by atoms with Crippen molar-refractivity contribution in [3.8, 4) is 0 Å². The van der Waals surface area contributed by atoms with Gasteiger partial charge in [-0.05, 0) is 48.5 Å². The van der Waals surface area contributed by atoms with Gasteiger partial charge in [-0.25, -0.2) is 0 Å². The van der Waals surface area contributed by atoms with Crippen LogP contribution in [-0.4, -0.2) is 34.5 Å². The predicted molar refractivity (Wildman–Crippen MR) is 129 cm³/mol. The van der Waals surface area contributed by atoms with E-state index >= 15 is 0 Å². The van der Waals surface area contributed by atoms with E-state index in [4.69, 9.17) is 11.6 Å². The van der Waals surface area contributed by atoms with Crippen LogP contribution in [0.2, 0.25) is 5.02 Å². The van der Waals surface area contributed by atoms with E-state index in [2.05, 4.69) is 20.8 Å². The van der Waals surface area contributed by atoms with Crippen LogP contribution in [0.5, 0.6) is 0 Å². The Kier molecular flexibility index (Phi) is 6.71. The minimum absolute atomic E-state index is 0.00718. The van der Waals surface area contributed by atoms with Crippen LogP contribution in [0.25, 0.3) is 0 Å². The maximum absolute atomic E-state index is 12.6. The van der Waals surface area contributed by atoms with Gasteiger partial charge in [-0.2, -0.15) is 0 Å². The highest BCUT2D eigenvalue weighted by molar-refractivity contribution is 7.15. The van der Waals surface area contributed by atoms with Crippen LogP contribution in [0.1, 0.15) is 41.6 Å². The van der Waals surface area contributed by atoms with Gasteiger partial charge >= 0.3 is 0 Å². The number of hydrogen-bond acceptors (Lipinski definition) is 6.